The second kappa shape index (κ2) is 11.6. The van der Waals surface area contributed by atoms with Gasteiger partial charge in [0.15, 0.2) is 41.3 Å². The van der Waals surface area contributed by atoms with Gasteiger partial charge in [0.2, 0.25) is 5.95 Å². The molecule has 0 amide bonds. The maximum Gasteiger partial charge on any atom is 0.386 e. The minimum Gasteiger partial charge on any atom is -0.382 e. The number of thiol groups is 1. The Morgan fingerprint density at radius 1 is 1.09 bits per heavy atom. The number of methoxy groups -OCH3 is 1. The normalized spacial score (nSPS) is 36.0. The highest BCUT2D eigenvalue weighted by Crippen LogP contribution is 2.57. The van der Waals surface area contributed by atoms with Crippen molar-refractivity contribution >= 4 is 61.3 Å². The number of ether oxygens (including phenoxy) is 3. The summed E-state index contributed by atoms with van der Waals surface area (Å²) in [4.78, 5) is 35.1. The molecule has 4 aromatic heterocycles. The first kappa shape index (κ1) is 30.6. The number of anilines is 2. The van der Waals surface area contributed by atoms with Gasteiger partial charge in [-0.1, -0.05) is 12.2 Å². The zero-order chi connectivity index (χ0) is 31.6. The minimum absolute atomic E-state index is 0.0406. The first-order valence-corrected chi connectivity index (χ1v) is 17.3. The molecule has 0 radical (unpaired) electrons. The summed E-state index contributed by atoms with van der Waals surface area (Å²) < 4.78 is 80.2. The Balaban J connectivity index is 1.20. The van der Waals surface area contributed by atoms with E-state index < -0.39 is 76.2 Å². The van der Waals surface area contributed by atoms with Crippen LogP contribution >= 0.6 is 27.2 Å². The Labute approximate surface area is 256 Å². The number of imidazole rings is 2. The molecule has 0 aliphatic carbocycles. The second-order valence-corrected chi connectivity index (χ2v) is 14.3. The van der Waals surface area contributed by atoms with Crippen molar-refractivity contribution in [2.45, 2.75) is 49.1 Å². The molecule has 0 spiro atoms. The fourth-order valence-electron chi connectivity index (χ4n) is 5.59. The van der Waals surface area contributed by atoms with Gasteiger partial charge in [-0.3, -0.25) is 32.5 Å². The van der Waals surface area contributed by atoms with E-state index in [1.807, 2.05) is 0 Å². The molecule has 0 aromatic carbocycles. The summed E-state index contributed by atoms with van der Waals surface area (Å²) in [5.41, 5.74) is 11.4. The predicted octanol–water partition coefficient (Wildman–Crippen LogP) is 0.0896. The second-order valence-electron chi connectivity index (χ2n) is 10.2. The number of fused-ring (bicyclic) bond motifs is 5. The Kier molecular flexibility index (Phi) is 7.92. The van der Waals surface area contributed by atoms with Crippen molar-refractivity contribution in [3.63, 3.8) is 0 Å². The summed E-state index contributed by atoms with van der Waals surface area (Å²) in [6.45, 7) is -5.14. The van der Waals surface area contributed by atoms with Gasteiger partial charge in [-0.25, -0.2) is 34.0 Å². The van der Waals surface area contributed by atoms with Gasteiger partial charge in [0.25, 0.3) is 13.7 Å². The number of hydrogen-bond acceptors (Lipinski definition) is 16. The monoisotopic (exact) mass is 689 g/mol. The maximum absolute atomic E-state index is 16.0. The highest BCUT2D eigenvalue weighted by Gasteiger charge is 2.52. The van der Waals surface area contributed by atoms with Gasteiger partial charge in [-0.2, -0.15) is 4.98 Å². The standard InChI is InChI=1S/C21H26FN11O9P2S/c1-37-13-8-2-38-43(35)31-10-7(40-19(9(10)22)32-5-27-11-15(23)25-4-26-16(11)32)3-39-44(36,45)42-14(13)20(41-8)33-6-28-12-17(33)29-21(24)30-18(12)34/h4-10,13-14,19-20,43H,2-3H2,1H3,(H,31,35)(H,36,45)(H2,23,25,26)(H3,24,29,30,34)/t7?,8?,9?,10?,13?,14?,19?,20?,44-/m1/s1. The number of alkyl halides is 1. The average molecular weight is 690 g/mol. The minimum atomic E-state index is -4.29. The van der Waals surface area contributed by atoms with E-state index in [2.05, 4.69) is 47.2 Å². The molecule has 7 heterocycles. The van der Waals surface area contributed by atoms with Crippen LogP contribution in [-0.4, -0.2) is 96.0 Å². The molecule has 0 saturated carbocycles. The van der Waals surface area contributed by atoms with E-state index in [9.17, 15) is 13.9 Å². The molecule has 3 saturated heterocycles. The van der Waals surface area contributed by atoms with Gasteiger partial charge >= 0.3 is 6.80 Å². The van der Waals surface area contributed by atoms with Gasteiger partial charge in [0.05, 0.1) is 31.9 Å². The third kappa shape index (κ3) is 5.43. The first-order chi connectivity index (χ1) is 21.5. The van der Waals surface area contributed by atoms with E-state index in [4.69, 9.17) is 39.2 Å². The molecule has 6 N–H and O–H groups in total. The van der Waals surface area contributed by atoms with Crippen LogP contribution in [0.2, 0.25) is 0 Å². The molecule has 7 rings (SSSR count). The Bertz CT molecular complexity index is 1900. The van der Waals surface area contributed by atoms with Crippen LogP contribution < -0.4 is 22.1 Å². The molecular weight excluding hydrogens is 663 g/mol. The molecule has 10 atom stereocenters. The van der Waals surface area contributed by atoms with Crippen LogP contribution in [0.1, 0.15) is 12.5 Å². The molecule has 20 nitrogen and oxygen atoms in total. The van der Waals surface area contributed by atoms with E-state index in [1.54, 1.807) is 0 Å². The van der Waals surface area contributed by atoms with Crippen molar-refractivity contribution in [1.29, 1.82) is 0 Å². The van der Waals surface area contributed by atoms with Gasteiger partial charge in [-0.15, -0.1) is 0 Å². The molecule has 24 heteroatoms. The number of nitrogens with zero attached hydrogens (tertiary/aromatic N) is 7. The third-order valence-corrected chi connectivity index (χ3v) is 10.2. The van der Waals surface area contributed by atoms with E-state index in [-0.39, 0.29) is 40.7 Å². The van der Waals surface area contributed by atoms with Crippen LogP contribution in [0.5, 0.6) is 0 Å². The van der Waals surface area contributed by atoms with Crippen LogP contribution in [0.15, 0.2) is 23.8 Å². The summed E-state index contributed by atoms with van der Waals surface area (Å²) in [7, 11) is -1.81. The van der Waals surface area contributed by atoms with Crippen molar-refractivity contribution in [2.24, 2.45) is 0 Å². The largest absolute Gasteiger partial charge is 0.386 e. The fraction of sp³-hybridized carbons (Fsp3) is 0.524. The van der Waals surface area contributed by atoms with Crippen LogP contribution in [0, 0.1) is 0 Å². The Morgan fingerprint density at radius 3 is 2.60 bits per heavy atom. The zero-order valence-electron chi connectivity index (χ0n) is 23.0. The van der Waals surface area contributed by atoms with Crippen LogP contribution in [0.3, 0.4) is 0 Å². The lowest BCUT2D eigenvalue weighted by Crippen LogP contribution is -2.41. The summed E-state index contributed by atoms with van der Waals surface area (Å²) in [6.07, 6.45) is -4.91. The SMILES string of the molecule is COC1C2CO[PH](=O)NC3C(CO[P@@](=O)(S)OC1C(n1cnc4c(=O)[nH]c(N)nc41)O2)OC(n1cnc2c(N)ncnc21)C3F. The van der Waals surface area contributed by atoms with Gasteiger partial charge in [0, 0.05) is 7.11 Å². The lowest BCUT2D eigenvalue weighted by Gasteiger charge is -2.27. The smallest absolute Gasteiger partial charge is 0.382 e. The molecule has 9 unspecified atom stereocenters. The predicted molar refractivity (Wildman–Crippen MR) is 155 cm³/mol. The summed E-state index contributed by atoms with van der Waals surface area (Å²) in [5, 5.41) is 2.64. The van der Waals surface area contributed by atoms with Crippen LogP contribution in [0.4, 0.5) is 16.2 Å². The summed E-state index contributed by atoms with van der Waals surface area (Å²) in [5.74, 6) is -0.0971. The van der Waals surface area contributed by atoms with Crippen molar-refractivity contribution in [2.75, 3.05) is 31.8 Å². The highest BCUT2D eigenvalue weighted by molar-refractivity contribution is 8.44. The molecular formula is C21H26FN11O9P2S. The molecule has 242 valence electrons. The molecule has 2 bridgehead atoms. The summed E-state index contributed by atoms with van der Waals surface area (Å²) in [6, 6.07) is -1.26. The van der Waals surface area contributed by atoms with Crippen molar-refractivity contribution in [3.05, 3.63) is 29.3 Å². The Morgan fingerprint density at radius 2 is 1.82 bits per heavy atom. The third-order valence-electron chi connectivity index (χ3n) is 7.59. The number of halogens is 1. The molecule has 3 aliphatic rings. The van der Waals surface area contributed by atoms with E-state index >= 15 is 4.39 Å². The zero-order valence-corrected chi connectivity index (χ0v) is 25.8. The van der Waals surface area contributed by atoms with E-state index in [1.165, 1.54) is 35.2 Å². The van der Waals surface area contributed by atoms with Crippen LogP contribution in [-0.2, 0) is 36.9 Å². The molecule has 3 aliphatic heterocycles. The lowest BCUT2D eigenvalue weighted by atomic mass is 10.1. The Hall–Kier alpha value is -3.04. The van der Waals surface area contributed by atoms with Gasteiger partial charge < -0.3 is 30.2 Å². The number of rotatable bonds is 3. The van der Waals surface area contributed by atoms with E-state index in [0.29, 0.717) is 0 Å². The number of aromatic amines is 1. The fourth-order valence-corrected chi connectivity index (χ4v) is 8.06. The van der Waals surface area contributed by atoms with Crippen molar-refractivity contribution < 1.29 is 41.3 Å². The first-order valence-electron chi connectivity index (χ1n) is 13.3. The van der Waals surface area contributed by atoms with Crippen molar-refractivity contribution in [3.8, 4) is 0 Å². The van der Waals surface area contributed by atoms with Crippen molar-refractivity contribution in [1.82, 2.24) is 44.1 Å². The van der Waals surface area contributed by atoms with Crippen LogP contribution in [0.25, 0.3) is 22.3 Å². The molecule has 45 heavy (non-hydrogen) atoms. The van der Waals surface area contributed by atoms with Gasteiger partial charge in [0.1, 0.15) is 36.3 Å². The number of hydrogen-bond donors (Lipinski definition) is 5. The van der Waals surface area contributed by atoms with E-state index in [0.717, 1.165) is 0 Å². The number of nitrogen functional groups attached to an aromatic ring is 2. The van der Waals surface area contributed by atoms with Gasteiger partial charge in [-0.05, 0) is 0 Å². The molecule has 3 fully saturated rings. The number of H-pyrrole nitrogens is 1. The lowest BCUT2D eigenvalue weighted by molar-refractivity contribution is -0.0499. The number of nitrogens with one attached hydrogen (secondary N) is 2. The highest BCUT2D eigenvalue weighted by atomic mass is 32.7. The number of nitrogens with two attached hydrogens (primary N) is 2. The maximum atomic E-state index is 16.0. The summed E-state index contributed by atoms with van der Waals surface area (Å²) >= 11 is 4.16. The topological polar surface area (TPSA) is 261 Å². The number of aromatic nitrogens is 8. The quantitative estimate of drug-likeness (QED) is 0.141. The average Bonchev–Trinajstić information content (AvgIpc) is 3.75. The molecule has 4 aromatic rings.